The van der Waals surface area contributed by atoms with Crippen molar-refractivity contribution in [3.63, 3.8) is 0 Å². The number of hydrogen-bond donors (Lipinski definition) is 1. The van der Waals surface area contributed by atoms with Crippen molar-refractivity contribution in [2.45, 2.75) is 12.8 Å². The Morgan fingerprint density at radius 2 is 1.74 bits per heavy atom. The summed E-state index contributed by atoms with van der Waals surface area (Å²) in [4.78, 5) is 28.2. The minimum Gasteiger partial charge on any atom is -0.465 e. The number of nitrogens with zero attached hydrogens (tertiary/aromatic N) is 1. The summed E-state index contributed by atoms with van der Waals surface area (Å²) in [7, 11) is 1.33. The number of hydrogen-bond acceptors (Lipinski definition) is 5. The van der Waals surface area contributed by atoms with E-state index in [0.29, 0.717) is 39.6 Å². The van der Waals surface area contributed by atoms with E-state index >= 15 is 0 Å². The van der Waals surface area contributed by atoms with Crippen LogP contribution in [-0.4, -0.2) is 24.0 Å². The van der Waals surface area contributed by atoms with Crippen LogP contribution in [0.2, 0.25) is 0 Å². The van der Waals surface area contributed by atoms with Gasteiger partial charge in [0.1, 0.15) is 5.82 Å². The van der Waals surface area contributed by atoms with Crippen LogP contribution in [0.1, 0.15) is 33.8 Å². The molecule has 0 spiro atoms. The molecule has 0 atom stereocenters. The lowest BCUT2D eigenvalue weighted by Crippen LogP contribution is -2.12. The standard InChI is InChI=1S/C28H21FN2O4/c1-34-28(33)21-8-4-6-19(16-21)12-13-20-7-5-9-22(17-20)31-26(32)14-15-27-30-18-25(35-27)23-10-2-3-11-24(23)29/h2-11,16-18H,14-15H2,1H3,(H,31,32). The molecule has 0 fully saturated rings. The highest BCUT2D eigenvalue weighted by molar-refractivity contribution is 5.91. The summed E-state index contributed by atoms with van der Waals surface area (Å²) in [5.74, 6) is 5.68. The van der Waals surface area contributed by atoms with Gasteiger partial charge >= 0.3 is 5.97 Å². The van der Waals surface area contributed by atoms with E-state index in [1.807, 2.05) is 6.07 Å². The number of ether oxygens (including phenoxy) is 1. The first kappa shape index (κ1) is 23.5. The summed E-state index contributed by atoms with van der Waals surface area (Å²) < 4.78 is 24.2. The van der Waals surface area contributed by atoms with Gasteiger partial charge in [0.2, 0.25) is 5.91 Å². The molecule has 0 aliphatic rings. The molecular formula is C28H21FN2O4. The number of benzene rings is 3. The number of esters is 1. The Balaban J connectivity index is 1.36. The summed E-state index contributed by atoms with van der Waals surface area (Å²) >= 11 is 0. The highest BCUT2D eigenvalue weighted by Gasteiger charge is 2.12. The quantitative estimate of drug-likeness (QED) is 0.309. The van der Waals surface area contributed by atoms with Gasteiger partial charge in [0.05, 0.1) is 24.4 Å². The van der Waals surface area contributed by atoms with Gasteiger partial charge in [-0.1, -0.05) is 36.1 Å². The van der Waals surface area contributed by atoms with E-state index in [9.17, 15) is 14.0 Å². The van der Waals surface area contributed by atoms with Crippen LogP contribution in [0.15, 0.2) is 83.4 Å². The van der Waals surface area contributed by atoms with Crippen molar-refractivity contribution >= 4 is 17.6 Å². The summed E-state index contributed by atoms with van der Waals surface area (Å²) in [6, 6.07) is 20.3. The molecule has 1 amide bonds. The predicted octanol–water partition coefficient (Wildman–Crippen LogP) is 5.24. The number of carbonyl (C=O) groups is 2. The van der Waals surface area contributed by atoms with Crippen LogP contribution in [-0.2, 0) is 16.0 Å². The molecule has 1 aromatic heterocycles. The number of aromatic nitrogens is 1. The van der Waals surface area contributed by atoms with Crippen molar-refractivity contribution in [3.05, 3.63) is 107 Å². The van der Waals surface area contributed by atoms with Gasteiger partial charge in [-0.3, -0.25) is 4.79 Å². The highest BCUT2D eigenvalue weighted by Crippen LogP contribution is 2.23. The number of nitrogens with one attached hydrogen (secondary N) is 1. The third-order valence-corrected chi connectivity index (χ3v) is 5.04. The van der Waals surface area contributed by atoms with Gasteiger partial charge < -0.3 is 14.5 Å². The number of aryl methyl sites for hydroxylation is 1. The van der Waals surface area contributed by atoms with Crippen molar-refractivity contribution in [1.29, 1.82) is 0 Å². The Morgan fingerprint density at radius 1 is 1.00 bits per heavy atom. The summed E-state index contributed by atoms with van der Waals surface area (Å²) in [6.07, 6.45) is 1.87. The van der Waals surface area contributed by atoms with Gasteiger partial charge in [-0.15, -0.1) is 0 Å². The Hall–Kier alpha value is -4.70. The van der Waals surface area contributed by atoms with Crippen molar-refractivity contribution in [2.24, 2.45) is 0 Å². The lowest BCUT2D eigenvalue weighted by atomic mass is 10.1. The number of methoxy groups -OCH3 is 1. The number of anilines is 1. The molecule has 0 aliphatic heterocycles. The summed E-state index contributed by atoms with van der Waals surface area (Å²) in [5.41, 5.74) is 2.72. The molecule has 0 saturated heterocycles. The SMILES string of the molecule is COC(=O)c1cccc(C#Cc2cccc(NC(=O)CCc3ncc(-c4ccccc4F)o3)c2)c1. The number of halogens is 1. The normalized spacial score (nSPS) is 10.2. The lowest BCUT2D eigenvalue weighted by Gasteiger charge is -2.05. The molecule has 1 heterocycles. The molecule has 6 nitrogen and oxygen atoms in total. The van der Waals surface area contributed by atoms with E-state index in [1.54, 1.807) is 60.7 Å². The van der Waals surface area contributed by atoms with Crippen LogP contribution in [0, 0.1) is 17.7 Å². The van der Waals surface area contributed by atoms with Crippen molar-refractivity contribution < 1.29 is 23.1 Å². The van der Waals surface area contributed by atoms with Gasteiger partial charge in [-0.2, -0.15) is 0 Å². The van der Waals surface area contributed by atoms with Crippen molar-refractivity contribution in [3.8, 4) is 23.2 Å². The molecule has 0 radical (unpaired) electrons. The zero-order chi connectivity index (χ0) is 24.6. The van der Waals surface area contributed by atoms with E-state index in [4.69, 9.17) is 9.15 Å². The van der Waals surface area contributed by atoms with Gasteiger partial charge in [0.25, 0.3) is 0 Å². The zero-order valence-corrected chi connectivity index (χ0v) is 18.9. The molecule has 4 rings (SSSR count). The second kappa shape index (κ2) is 10.9. The molecule has 0 unspecified atom stereocenters. The third-order valence-electron chi connectivity index (χ3n) is 5.04. The number of oxazole rings is 1. The molecule has 0 bridgehead atoms. The zero-order valence-electron chi connectivity index (χ0n) is 18.9. The van der Waals surface area contributed by atoms with Gasteiger partial charge in [-0.25, -0.2) is 14.2 Å². The van der Waals surface area contributed by atoms with Gasteiger partial charge in [0.15, 0.2) is 11.7 Å². The summed E-state index contributed by atoms with van der Waals surface area (Å²) in [6.45, 7) is 0. The number of rotatable bonds is 6. The van der Waals surface area contributed by atoms with E-state index in [2.05, 4.69) is 22.1 Å². The van der Waals surface area contributed by atoms with Crippen LogP contribution >= 0.6 is 0 Å². The van der Waals surface area contributed by atoms with Crippen LogP contribution in [0.5, 0.6) is 0 Å². The van der Waals surface area contributed by atoms with Crippen molar-refractivity contribution in [2.75, 3.05) is 12.4 Å². The Bertz CT molecular complexity index is 1430. The van der Waals surface area contributed by atoms with E-state index in [-0.39, 0.29) is 18.7 Å². The lowest BCUT2D eigenvalue weighted by molar-refractivity contribution is -0.116. The maximum Gasteiger partial charge on any atom is 0.337 e. The second-order valence-corrected chi connectivity index (χ2v) is 7.55. The summed E-state index contributed by atoms with van der Waals surface area (Å²) in [5, 5.41) is 2.83. The first-order chi connectivity index (χ1) is 17.0. The molecule has 35 heavy (non-hydrogen) atoms. The minimum atomic E-state index is -0.424. The molecule has 0 saturated carbocycles. The molecule has 4 aromatic rings. The maximum absolute atomic E-state index is 13.9. The van der Waals surface area contributed by atoms with E-state index in [0.717, 1.165) is 0 Å². The molecule has 1 N–H and O–H groups in total. The molecule has 3 aromatic carbocycles. The maximum atomic E-state index is 13.9. The number of carbonyl (C=O) groups excluding carboxylic acids is 2. The fourth-order valence-corrected chi connectivity index (χ4v) is 3.32. The Labute approximate surface area is 201 Å². The molecule has 0 aliphatic carbocycles. The van der Waals surface area contributed by atoms with E-state index < -0.39 is 11.8 Å². The van der Waals surface area contributed by atoms with Gasteiger partial charge in [-0.05, 0) is 48.5 Å². The first-order valence-corrected chi connectivity index (χ1v) is 10.8. The van der Waals surface area contributed by atoms with Crippen LogP contribution in [0.3, 0.4) is 0 Å². The minimum absolute atomic E-state index is 0.146. The third kappa shape index (κ3) is 6.21. The fraction of sp³-hybridized carbons (Fsp3) is 0.107. The van der Waals surface area contributed by atoms with E-state index in [1.165, 1.54) is 19.4 Å². The highest BCUT2D eigenvalue weighted by atomic mass is 19.1. The van der Waals surface area contributed by atoms with Crippen LogP contribution in [0.25, 0.3) is 11.3 Å². The average molecular weight is 468 g/mol. The average Bonchev–Trinajstić information content (AvgIpc) is 3.35. The van der Waals surface area contributed by atoms with Crippen LogP contribution in [0.4, 0.5) is 10.1 Å². The van der Waals surface area contributed by atoms with Crippen LogP contribution < -0.4 is 5.32 Å². The molecule has 174 valence electrons. The molecule has 7 heteroatoms. The van der Waals surface area contributed by atoms with Gasteiger partial charge in [0, 0.05) is 29.7 Å². The topological polar surface area (TPSA) is 81.4 Å². The number of amides is 1. The second-order valence-electron chi connectivity index (χ2n) is 7.55. The first-order valence-electron chi connectivity index (χ1n) is 10.8. The molecular weight excluding hydrogens is 447 g/mol. The monoisotopic (exact) mass is 468 g/mol. The smallest absolute Gasteiger partial charge is 0.337 e. The van der Waals surface area contributed by atoms with Crippen molar-refractivity contribution in [1.82, 2.24) is 4.98 Å². The largest absolute Gasteiger partial charge is 0.465 e. The Kier molecular flexibility index (Phi) is 7.34. The Morgan fingerprint density at radius 3 is 2.51 bits per heavy atom. The predicted molar refractivity (Wildman–Crippen MR) is 129 cm³/mol. The fourth-order valence-electron chi connectivity index (χ4n) is 3.32.